The molecule has 1 N–H and O–H groups in total. The highest BCUT2D eigenvalue weighted by Crippen LogP contribution is 2.49. The Hall–Kier alpha value is -1.92. The lowest BCUT2D eigenvalue weighted by Gasteiger charge is -2.40. The Balaban J connectivity index is 1.78. The molecule has 4 rings (SSSR count). The lowest BCUT2D eigenvalue weighted by atomic mass is 9.87. The number of carbonyl (C=O) groups excluding carboxylic acids is 1. The van der Waals surface area contributed by atoms with E-state index in [1.54, 1.807) is 0 Å². The number of rotatable bonds is 5. The van der Waals surface area contributed by atoms with Gasteiger partial charge < -0.3 is 14.4 Å². The van der Waals surface area contributed by atoms with Gasteiger partial charge in [-0.1, -0.05) is 31.4 Å². The third-order valence-electron chi connectivity index (χ3n) is 7.21. The lowest BCUT2D eigenvalue weighted by molar-refractivity contribution is -0.148. The van der Waals surface area contributed by atoms with Crippen molar-refractivity contribution in [2.45, 2.75) is 57.7 Å². The van der Waals surface area contributed by atoms with E-state index in [2.05, 4.69) is 4.90 Å². The first kappa shape index (κ1) is 20.4. The molecule has 2 bridgehead atoms. The highest BCUT2D eigenvalue weighted by molar-refractivity contribution is 5.74. The third kappa shape index (κ3) is 3.46. The summed E-state index contributed by atoms with van der Waals surface area (Å²) >= 11 is 0. The third-order valence-corrected chi connectivity index (χ3v) is 7.21. The van der Waals surface area contributed by atoms with Crippen LogP contribution in [0.1, 0.15) is 56.3 Å². The number of aliphatic hydroxyl groups excluding tert-OH is 1. The highest BCUT2D eigenvalue weighted by Gasteiger charge is 2.56. The quantitative estimate of drug-likeness (QED) is 0.770. The van der Waals surface area contributed by atoms with Crippen LogP contribution in [-0.4, -0.2) is 46.8 Å². The summed E-state index contributed by atoms with van der Waals surface area (Å²) in [7, 11) is 1.41. The second-order valence-electron chi connectivity index (χ2n) is 8.74. The number of methoxy groups -OCH3 is 1. The van der Waals surface area contributed by atoms with Crippen LogP contribution in [0.15, 0.2) is 23.0 Å². The Morgan fingerprint density at radius 1 is 1.28 bits per heavy atom. The molecule has 1 aromatic heterocycles. The summed E-state index contributed by atoms with van der Waals surface area (Å²) in [4.78, 5) is 28.2. The minimum Gasteiger partial charge on any atom is -0.469 e. The number of fused-ring (bicyclic) bond motifs is 4. The normalized spacial score (nSPS) is 29.9. The van der Waals surface area contributed by atoms with E-state index in [0.717, 1.165) is 12.2 Å². The lowest BCUT2D eigenvalue weighted by Crippen LogP contribution is -2.48. The van der Waals surface area contributed by atoms with Gasteiger partial charge in [-0.3, -0.25) is 14.5 Å². The molecule has 4 atom stereocenters. The molecule has 0 spiro atoms. The van der Waals surface area contributed by atoms with Gasteiger partial charge in [-0.15, -0.1) is 0 Å². The van der Waals surface area contributed by atoms with Gasteiger partial charge in [0.2, 0.25) is 0 Å². The fourth-order valence-electron chi connectivity index (χ4n) is 5.87. The maximum atomic E-state index is 13.1. The number of pyridine rings is 1. The van der Waals surface area contributed by atoms with Crippen LogP contribution in [0.2, 0.25) is 0 Å². The van der Waals surface area contributed by atoms with Gasteiger partial charge in [-0.25, -0.2) is 0 Å². The van der Waals surface area contributed by atoms with E-state index in [4.69, 9.17) is 4.74 Å². The SMILES string of the molecule is C/C=C/c1ccc2n(c1=O)C[C@@H]1[C@@H](CO)[C@H](C(=O)OC)[C@H]2N1CC1CCCCC1. The number of esters is 1. The van der Waals surface area contributed by atoms with Gasteiger partial charge in [0.05, 0.1) is 19.1 Å². The van der Waals surface area contributed by atoms with Crippen molar-refractivity contribution in [1.29, 1.82) is 0 Å². The van der Waals surface area contributed by atoms with E-state index in [1.165, 1.54) is 39.2 Å². The maximum Gasteiger partial charge on any atom is 0.311 e. The number of aliphatic hydroxyl groups is 1. The molecule has 1 aromatic rings. The molecule has 1 saturated heterocycles. The molecule has 158 valence electrons. The molecule has 0 amide bonds. The Bertz CT molecular complexity index is 840. The number of nitrogens with zero attached hydrogens (tertiary/aromatic N) is 2. The first-order chi connectivity index (χ1) is 14.1. The van der Waals surface area contributed by atoms with Crippen LogP contribution in [0, 0.1) is 17.8 Å². The largest absolute Gasteiger partial charge is 0.469 e. The van der Waals surface area contributed by atoms with E-state index in [9.17, 15) is 14.7 Å². The molecule has 2 fully saturated rings. The van der Waals surface area contributed by atoms with Gasteiger partial charge in [0, 0.05) is 42.9 Å². The van der Waals surface area contributed by atoms with E-state index in [1.807, 2.05) is 35.8 Å². The summed E-state index contributed by atoms with van der Waals surface area (Å²) in [6, 6.07) is 3.60. The molecule has 0 radical (unpaired) electrons. The van der Waals surface area contributed by atoms with Gasteiger partial charge in [-0.2, -0.15) is 0 Å². The Labute approximate surface area is 172 Å². The molecule has 3 heterocycles. The number of hydrogen-bond donors (Lipinski definition) is 1. The number of carbonyl (C=O) groups is 1. The summed E-state index contributed by atoms with van der Waals surface area (Å²) < 4.78 is 6.97. The van der Waals surface area contributed by atoms with Crippen LogP contribution in [-0.2, 0) is 16.1 Å². The van der Waals surface area contributed by atoms with Crippen molar-refractivity contribution in [2.24, 2.45) is 17.8 Å². The molecule has 0 unspecified atom stereocenters. The zero-order chi connectivity index (χ0) is 20.5. The number of hydrogen-bond acceptors (Lipinski definition) is 5. The Kier molecular flexibility index (Phi) is 5.93. The van der Waals surface area contributed by atoms with Crippen LogP contribution in [0.25, 0.3) is 6.08 Å². The van der Waals surface area contributed by atoms with Crippen molar-refractivity contribution < 1.29 is 14.6 Å². The summed E-state index contributed by atoms with van der Waals surface area (Å²) in [6.07, 6.45) is 9.96. The van der Waals surface area contributed by atoms with E-state index >= 15 is 0 Å². The minimum absolute atomic E-state index is 0.0184. The van der Waals surface area contributed by atoms with Gasteiger partial charge in [0.1, 0.15) is 0 Å². The first-order valence-electron chi connectivity index (χ1n) is 10.9. The van der Waals surface area contributed by atoms with Crippen molar-refractivity contribution in [3.63, 3.8) is 0 Å². The maximum absolute atomic E-state index is 13.1. The number of allylic oxidation sites excluding steroid dienone is 1. The van der Waals surface area contributed by atoms with E-state index in [0.29, 0.717) is 18.0 Å². The molecular weight excluding hydrogens is 368 g/mol. The summed E-state index contributed by atoms with van der Waals surface area (Å²) in [5.41, 5.74) is 1.52. The summed E-state index contributed by atoms with van der Waals surface area (Å²) in [5.74, 6) is -0.339. The van der Waals surface area contributed by atoms with Gasteiger partial charge in [0.15, 0.2) is 0 Å². The van der Waals surface area contributed by atoms with E-state index < -0.39 is 5.92 Å². The predicted molar refractivity (Wildman–Crippen MR) is 111 cm³/mol. The van der Waals surface area contributed by atoms with Gasteiger partial charge >= 0.3 is 5.97 Å². The van der Waals surface area contributed by atoms with E-state index in [-0.39, 0.29) is 36.1 Å². The monoisotopic (exact) mass is 400 g/mol. The molecule has 1 aliphatic carbocycles. The zero-order valence-corrected chi connectivity index (χ0v) is 17.4. The molecule has 6 heteroatoms. The number of ether oxygens (including phenoxy) is 1. The fourth-order valence-corrected chi connectivity index (χ4v) is 5.87. The average molecular weight is 401 g/mol. The highest BCUT2D eigenvalue weighted by atomic mass is 16.5. The van der Waals surface area contributed by atoms with Crippen LogP contribution in [0.5, 0.6) is 0 Å². The second kappa shape index (κ2) is 8.44. The van der Waals surface area contributed by atoms with Crippen LogP contribution in [0.3, 0.4) is 0 Å². The topological polar surface area (TPSA) is 71.8 Å². The van der Waals surface area contributed by atoms with Crippen molar-refractivity contribution in [1.82, 2.24) is 9.47 Å². The van der Waals surface area contributed by atoms with Crippen LogP contribution >= 0.6 is 0 Å². The zero-order valence-electron chi connectivity index (χ0n) is 17.4. The van der Waals surface area contributed by atoms with Gasteiger partial charge in [-0.05, 0) is 37.8 Å². The fraction of sp³-hybridized carbons (Fsp3) is 0.652. The molecule has 3 aliphatic rings. The molecule has 0 aromatic carbocycles. The molecule has 1 saturated carbocycles. The van der Waals surface area contributed by atoms with Gasteiger partial charge in [0.25, 0.3) is 5.56 Å². The second-order valence-corrected chi connectivity index (χ2v) is 8.74. The van der Waals surface area contributed by atoms with Crippen LogP contribution in [0.4, 0.5) is 0 Å². The van der Waals surface area contributed by atoms with Crippen molar-refractivity contribution in [3.8, 4) is 0 Å². The summed E-state index contributed by atoms with van der Waals surface area (Å²) in [5, 5.41) is 10.2. The molecule has 6 nitrogen and oxygen atoms in total. The smallest absolute Gasteiger partial charge is 0.311 e. The van der Waals surface area contributed by atoms with Crippen molar-refractivity contribution >= 4 is 12.0 Å². The standard InChI is InChI=1S/C23H32N2O4/c1-3-7-16-10-11-18-21-20(23(28)29-2)17(14-26)19(13-25(18)22(16)27)24(21)12-15-8-5-4-6-9-15/h3,7,10-11,15,17,19-21,26H,4-6,8-9,12-14H2,1-2H3/b7-3+/t17-,19-,20+,21+/m1/s1. The first-order valence-corrected chi connectivity index (χ1v) is 10.9. The predicted octanol–water partition coefficient (Wildman–Crippen LogP) is 2.60. The van der Waals surface area contributed by atoms with Crippen LogP contribution < -0.4 is 5.56 Å². The summed E-state index contributed by atoms with van der Waals surface area (Å²) in [6.45, 7) is 3.26. The Morgan fingerprint density at radius 2 is 2.03 bits per heavy atom. The minimum atomic E-state index is -0.445. The van der Waals surface area contributed by atoms with Crippen molar-refractivity contribution in [2.75, 3.05) is 20.3 Å². The average Bonchev–Trinajstić information content (AvgIpc) is 2.95. The van der Waals surface area contributed by atoms with Crippen molar-refractivity contribution in [3.05, 3.63) is 39.8 Å². The number of aromatic nitrogens is 1. The molecule has 2 aliphatic heterocycles. The molecule has 29 heavy (non-hydrogen) atoms. The Morgan fingerprint density at radius 3 is 2.69 bits per heavy atom. The molecular formula is C23H32N2O4.